The molecule has 0 fully saturated rings. The average Bonchev–Trinajstić information content (AvgIpc) is 3.89. The van der Waals surface area contributed by atoms with Crippen LogP contribution in [0.5, 0.6) is 0 Å². The second kappa shape index (κ2) is 11.5. The number of nitrogens with zero attached hydrogens (tertiary/aromatic N) is 1. The Bertz CT molecular complexity index is 2970. The Morgan fingerprint density at radius 3 is 1.38 bits per heavy atom. The first-order chi connectivity index (χ1) is 25.8. The topological polar surface area (TPSA) is 29.5 Å². The zero-order valence-electron chi connectivity index (χ0n) is 27.9. The minimum atomic E-state index is 0.903. The molecular weight excluding hydrogens is 655 g/mol. The van der Waals surface area contributed by atoms with Gasteiger partial charge in [0.05, 0.1) is 0 Å². The minimum absolute atomic E-state index is 0.903. The van der Waals surface area contributed by atoms with Crippen LogP contribution < -0.4 is 4.90 Å². The summed E-state index contributed by atoms with van der Waals surface area (Å²) in [7, 11) is 0. The highest BCUT2D eigenvalue weighted by atomic mass is 32.1. The Morgan fingerprint density at radius 2 is 0.808 bits per heavy atom. The summed E-state index contributed by atoms with van der Waals surface area (Å²) < 4.78 is 15.0. The molecule has 0 saturated carbocycles. The summed E-state index contributed by atoms with van der Waals surface area (Å²) in [6, 6.07) is 62.6. The molecule has 3 heterocycles. The molecule has 0 atom stereocenters. The Labute approximate surface area is 303 Å². The maximum atomic E-state index is 6.22. The number of hydrogen-bond donors (Lipinski definition) is 0. The first-order valence-corrected chi connectivity index (χ1v) is 18.3. The number of rotatable bonds is 5. The molecule has 0 aliphatic heterocycles. The fraction of sp³-hybridized carbons (Fsp3) is 0. The third-order valence-corrected chi connectivity index (χ3v) is 11.4. The van der Waals surface area contributed by atoms with Crippen molar-refractivity contribution in [1.82, 2.24) is 0 Å². The molecule has 0 N–H and O–H groups in total. The summed E-state index contributed by atoms with van der Waals surface area (Å²) in [5.41, 5.74) is 11.5. The molecular formula is C48H29NO2S. The van der Waals surface area contributed by atoms with Crippen molar-refractivity contribution in [3.63, 3.8) is 0 Å². The fourth-order valence-electron chi connectivity index (χ4n) is 7.91. The second-order valence-corrected chi connectivity index (χ2v) is 14.3. The highest BCUT2D eigenvalue weighted by molar-refractivity contribution is 7.25. The van der Waals surface area contributed by atoms with Gasteiger partial charge in [0.25, 0.3) is 0 Å². The first kappa shape index (κ1) is 29.1. The zero-order chi connectivity index (χ0) is 34.2. The van der Waals surface area contributed by atoms with Crippen molar-refractivity contribution in [2.45, 2.75) is 0 Å². The Kier molecular flexibility index (Phi) is 6.42. The van der Waals surface area contributed by atoms with Gasteiger partial charge in [-0.25, -0.2) is 0 Å². The van der Waals surface area contributed by atoms with E-state index >= 15 is 0 Å². The van der Waals surface area contributed by atoms with Crippen LogP contribution in [0.3, 0.4) is 0 Å². The van der Waals surface area contributed by atoms with E-state index in [1.54, 1.807) is 0 Å². The molecule has 3 nitrogen and oxygen atoms in total. The van der Waals surface area contributed by atoms with Crippen molar-refractivity contribution < 1.29 is 8.83 Å². The lowest BCUT2D eigenvalue weighted by molar-refractivity contribution is 0.668. The molecule has 11 aromatic rings. The molecule has 244 valence electrons. The number of para-hydroxylation sites is 2. The second-order valence-electron chi connectivity index (χ2n) is 13.3. The van der Waals surface area contributed by atoms with Gasteiger partial charge in [0.1, 0.15) is 22.3 Å². The van der Waals surface area contributed by atoms with Crippen LogP contribution in [0.4, 0.5) is 17.1 Å². The lowest BCUT2D eigenvalue weighted by atomic mass is 9.98. The molecule has 11 rings (SSSR count). The van der Waals surface area contributed by atoms with Gasteiger partial charge in [0.2, 0.25) is 0 Å². The lowest BCUT2D eigenvalue weighted by Crippen LogP contribution is -2.09. The van der Waals surface area contributed by atoms with Gasteiger partial charge in [-0.15, -0.1) is 11.3 Å². The SMILES string of the molecule is c1ccc2c(c1)oc1cccc(-c3ccc(N(c4ccc(-c5cccc6oc7ccccc7c56)cc4)c4ccc5c(c4)sc4ccccc45)cc3)c12. The number of hydrogen-bond acceptors (Lipinski definition) is 4. The van der Waals surface area contributed by atoms with Gasteiger partial charge in [-0.1, -0.05) is 109 Å². The Morgan fingerprint density at radius 1 is 0.346 bits per heavy atom. The Hall–Kier alpha value is -6.62. The summed E-state index contributed by atoms with van der Waals surface area (Å²) in [6.07, 6.45) is 0. The van der Waals surface area contributed by atoms with Crippen molar-refractivity contribution >= 4 is 92.4 Å². The predicted molar refractivity (Wildman–Crippen MR) is 219 cm³/mol. The van der Waals surface area contributed by atoms with Crippen molar-refractivity contribution in [2.75, 3.05) is 4.90 Å². The number of fused-ring (bicyclic) bond motifs is 9. The number of thiophene rings is 1. The molecule has 52 heavy (non-hydrogen) atoms. The van der Waals surface area contributed by atoms with Crippen LogP contribution in [-0.2, 0) is 0 Å². The molecule has 3 aromatic heterocycles. The summed E-state index contributed by atoms with van der Waals surface area (Å²) in [5.74, 6) is 0. The van der Waals surface area contributed by atoms with Crippen molar-refractivity contribution in [2.24, 2.45) is 0 Å². The number of benzene rings is 8. The van der Waals surface area contributed by atoms with Gasteiger partial charge in [-0.05, 0) is 89.0 Å². The monoisotopic (exact) mass is 683 g/mol. The molecule has 4 heteroatoms. The molecule has 0 saturated heterocycles. The van der Waals surface area contributed by atoms with Crippen LogP contribution >= 0.6 is 11.3 Å². The van der Waals surface area contributed by atoms with Crippen LogP contribution in [-0.4, -0.2) is 0 Å². The molecule has 0 radical (unpaired) electrons. The van der Waals surface area contributed by atoms with E-state index in [-0.39, 0.29) is 0 Å². The molecule has 0 aliphatic rings. The van der Waals surface area contributed by atoms with Crippen LogP contribution in [0.2, 0.25) is 0 Å². The van der Waals surface area contributed by atoms with E-state index in [2.05, 4.69) is 157 Å². The van der Waals surface area contributed by atoms with Crippen molar-refractivity contribution in [3.8, 4) is 22.3 Å². The van der Waals surface area contributed by atoms with Crippen LogP contribution in [0.1, 0.15) is 0 Å². The third-order valence-electron chi connectivity index (χ3n) is 10.3. The van der Waals surface area contributed by atoms with Gasteiger partial charge >= 0.3 is 0 Å². The highest BCUT2D eigenvalue weighted by Gasteiger charge is 2.18. The van der Waals surface area contributed by atoms with E-state index in [9.17, 15) is 0 Å². The van der Waals surface area contributed by atoms with Gasteiger partial charge < -0.3 is 13.7 Å². The summed E-state index contributed by atoms with van der Waals surface area (Å²) >= 11 is 1.84. The molecule has 0 amide bonds. The summed E-state index contributed by atoms with van der Waals surface area (Å²) in [6.45, 7) is 0. The molecule has 0 aliphatic carbocycles. The minimum Gasteiger partial charge on any atom is -0.456 e. The van der Waals surface area contributed by atoms with E-state index in [1.807, 2.05) is 35.6 Å². The Balaban J connectivity index is 1.05. The van der Waals surface area contributed by atoms with Crippen LogP contribution in [0.15, 0.2) is 185 Å². The van der Waals surface area contributed by atoms with E-state index in [4.69, 9.17) is 8.83 Å². The predicted octanol–water partition coefficient (Wildman–Crippen LogP) is 14.7. The zero-order valence-corrected chi connectivity index (χ0v) is 28.7. The van der Waals surface area contributed by atoms with E-state index in [0.717, 1.165) is 83.2 Å². The average molecular weight is 684 g/mol. The van der Waals surface area contributed by atoms with Crippen molar-refractivity contribution in [1.29, 1.82) is 0 Å². The standard InChI is InChI=1S/C48H29NO2S/c1-4-14-41-39(10-1)47-35(12-7-16-43(47)50-41)30-19-23-32(24-20-30)49(34-27-28-38-37-9-3-6-18-45(37)52-46(38)29-34)33-25-21-31(22-26-33)36-13-8-17-44-48(36)40-11-2-5-15-42(40)51-44/h1-29H. The lowest BCUT2D eigenvalue weighted by Gasteiger charge is -2.26. The van der Waals surface area contributed by atoms with Crippen molar-refractivity contribution in [3.05, 3.63) is 176 Å². The van der Waals surface area contributed by atoms with Gasteiger partial charge in [0, 0.05) is 58.8 Å². The van der Waals surface area contributed by atoms with Gasteiger partial charge in [-0.2, -0.15) is 0 Å². The summed E-state index contributed by atoms with van der Waals surface area (Å²) in [4.78, 5) is 2.36. The summed E-state index contributed by atoms with van der Waals surface area (Å²) in [5, 5.41) is 7.15. The third kappa shape index (κ3) is 4.51. The smallest absolute Gasteiger partial charge is 0.136 e. The van der Waals surface area contributed by atoms with Crippen LogP contribution in [0, 0.1) is 0 Å². The fourth-order valence-corrected chi connectivity index (χ4v) is 9.05. The normalized spacial score (nSPS) is 11.8. The maximum absolute atomic E-state index is 6.22. The van der Waals surface area contributed by atoms with E-state index < -0.39 is 0 Å². The highest BCUT2D eigenvalue weighted by Crippen LogP contribution is 2.43. The molecule has 0 unspecified atom stereocenters. The first-order valence-electron chi connectivity index (χ1n) is 17.5. The van der Waals surface area contributed by atoms with E-state index in [1.165, 1.54) is 20.2 Å². The molecule has 0 bridgehead atoms. The van der Waals surface area contributed by atoms with Gasteiger partial charge in [0.15, 0.2) is 0 Å². The van der Waals surface area contributed by atoms with E-state index in [0.29, 0.717) is 0 Å². The molecule has 8 aromatic carbocycles. The maximum Gasteiger partial charge on any atom is 0.136 e. The molecule has 0 spiro atoms. The largest absolute Gasteiger partial charge is 0.456 e. The number of anilines is 3. The number of furan rings is 2. The van der Waals surface area contributed by atoms with Gasteiger partial charge in [-0.3, -0.25) is 0 Å². The quantitative estimate of drug-likeness (QED) is 0.181. The van der Waals surface area contributed by atoms with Crippen LogP contribution in [0.25, 0.3) is 86.3 Å².